The molecule has 0 aromatic rings. The molecular weight excluding hydrogens is 495 g/mol. The van der Waals surface area contributed by atoms with E-state index < -0.39 is 0 Å². The minimum absolute atomic E-state index is 1.07. The van der Waals surface area contributed by atoms with Crippen LogP contribution < -0.4 is 0 Å². The Hall–Kier alpha value is 1.08. The quantitative estimate of drug-likeness (QED) is 0.0445. The van der Waals surface area contributed by atoms with Crippen LogP contribution in [-0.4, -0.2) is 10.2 Å². The van der Waals surface area contributed by atoms with E-state index in [-0.39, 0.29) is 0 Å². The number of alkyl halides is 1. The fraction of sp³-hybridized carbons (Fsp3) is 1.00. The Morgan fingerprint density at radius 1 is 0.267 bits per heavy atom. The van der Waals surface area contributed by atoms with Crippen LogP contribution in [0.15, 0.2) is 0 Å². The second-order valence-corrected chi connectivity index (χ2v) is 11.1. The van der Waals surface area contributed by atoms with E-state index in [1.54, 1.807) is 0 Å². The fourth-order valence-corrected chi connectivity index (χ4v) is 5.21. The topological polar surface area (TPSA) is 0 Å². The van der Waals surface area contributed by atoms with Crippen LogP contribution in [-0.2, 0) is 0 Å². The van der Waals surface area contributed by atoms with Crippen LogP contribution in [0.5, 0.6) is 0 Å². The molecule has 0 nitrogen and oxygen atoms in total. The first-order valence-electron chi connectivity index (χ1n) is 14.1. The lowest BCUT2D eigenvalue weighted by Crippen LogP contribution is -1.85. The van der Waals surface area contributed by atoms with E-state index in [2.05, 4.69) is 35.2 Å². The normalized spacial score (nSPS) is 11.4. The van der Waals surface area contributed by atoms with E-state index in [1.807, 2.05) is 0 Å². The van der Waals surface area contributed by atoms with Crippen LogP contribution in [0.1, 0.15) is 167 Å². The Labute approximate surface area is 211 Å². The molecular formula is C28H57IS. The molecule has 0 aliphatic carbocycles. The number of hydrogen-bond donors (Lipinski definition) is 1. The van der Waals surface area contributed by atoms with Crippen LogP contribution in [0.2, 0.25) is 0 Å². The standard InChI is InChI=1S/C28H57IS/c29-27-25-23-21-19-17-15-13-11-9-7-5-3-1-2-4-6-8-10-12-14-16-18-20-22-24-26-28-30/h30H,1-28H2. The minimum atomic E-state index is 1.07. The third-order valence-corrected chi connectivity index (χ3v) is 7.62. The second kappa shape index (κ2) is 30.1. The summed E-state index contributed by atoms with van der Waals surface area (Å²) in [6.45, 7) is 0. The van der Waals surface area contributed by atoms with Crippen molar-refractivity contribution in [3.8, 4) is 0 Å². The van der Waals surface area contributed by atoms with E-state index in [9.17, 15) is 0 Å². The number of thiol groups is 1. The van der Waals surface area contributed by atoms with Crippen molar-refractivity contribution in [1.29, 1.82) is 0 Å². The van der Waals surface area contributed by atoms with Crippen LogP contribution in [0.4, 0.5) is 0 Å². The van der Waals surface area contributed by atoms with E-state index in [4.69, 9.17) is 0 Å². The maximum Gasteiger partial charge on any atom is -0.000473 e. The Kier molecular flexibility index (Phi) is 31.2. The van der Waals surface area contributed by atoms with Gasteiger partial charge in [0.15, 0.2) is 0 Å². The third-order valence-electron chi connectivity index (χ3n) is 6.54. The molecule has 0 amide bonds. The molecule has 0 saturated carbocycles. The van der Waals surface area contributed by atoms with Crippen molar-refractivity contribution in [1.82, 2.24) is 0 Å². The molecule has 0 saturated heterocycles. The molecule has 0 radical (unpaired) electrons. The van der Waals surface area contributed by atoms with Gasteiger partial charge in [0.25, 0.3) is 0 Å². The van der Waals surface area contributed by atoms with Crippen LogP contribution in [0.3, 0.4) is 0 Å². The maximum atomic E-state index is 4.28. The number of halogens is 1. The molecule has 2 heteroatoms. The summed E-state index contributed by atoms with van der Waals surface area (Å²) in [5, 5.41) is 0. The van der Waals surface area contributed by atoms with Gasteiger partial charge in [-0.15, -0.1) is 0 Å². The molecule has 182 valence electrons. The lowest BCUT2D eigenvalue weighted by Gasteiger charge is -2.04. The SMILES string of the molecule is SCCCCCCCCCCCCCCCCCCCCCCCCCCCCI. The molecule has 0 aromatic carbocycles. The van der Waals surface area contributed by atoms with Gasteiger partial charge in [0.05, 0.1) is 0 Å². The van der Waals surface area contributed by atoms with Crippen molar-refractivity contribution < 1.29 is 0 Å². The third kappa shape index (κ3) is 29.1. The molecule has 0 fully saturated rings. The summed E-state index contributed by atoms with van der Waals surface area (Å²) in [4.78, 5) is 0. The highest BCUT2D eigenvalue weighted by Crippen LogP contribution is 2.16. The molecule has 0 unspecified atom stereocenters. The molecule has 0 rings (SSSR count). The lowest BCUT2D eigenvalue weighted by molar-refractivity contribution is 0.516. The first-order chi connectivity index (χ1) is 14.9. The zero-order valence-electron chi connectivity index (χ0n) is 20.6. The predicted molar refractivity (Wildman–Crippen MR) is 153 cm³/mol. The summed E-state index contributed by atoms with van der Waals surface area (Å²) >= 11 is 6.77. The van der Waals surface area contributed by atoms with Gasteiger partial charge in [-0.25, -0.2) is 0 Å². The molecule has 0 aliphatic rings. The smallest absolute Gasteiger partial charge is 0.000473 e. The molecule has 0 heterocycles. The van der Waals surface area contributed by atoms with E-state index in [0.717, 1.165) is 5.75 Å². The Balaban J connectivity index is 2.97. The minimum Gasteiger partial charge on any atom is -0.179 e. The molecule has 0 N–H and O–H groups in total. The first kappa shape index (κ1) is 31.1. The monoisotopic (exact) mass is 552 g/mol. The van der Waals surface area contributed by atoms with Crippen molar-refractivity contribution in [2.75, 3.05) is 10.2 Å². The van der Waals surface area contributed by atoms with Crippen molar-refractivity contribution >= 4 is 35.2 Å². The maximum absolute atomic E-state index is 4.28. The van der Waals surface area contributed by atoms with Gasteiger partial charge in [-0.3, -0.25) is 0 Å². The van der Waals surface area contributed by atoms with Gasteiger partial charge < -0.3 is 0 Å². The number of unbranched alkanes of at least 4 members (excludes halogenated alkanes) is 25. The van der Waals surface area contributed by atoms with Gasteiger partial charge in [-0.1, -0.05) is 177 Å². The van der Waals surface area contributed by atoms with E-state index in [1.165, 1.54) is 171 Å². The Morgan fingerprint density at radius 3 is 0.600 bits per heavy atom. The molecule has 0 spiro atoms. The summed E-state index contributed by atoms with van der Waals surface area (Å²) in [5.74, 6) is 1.07. The molecule has 0 atom stereocenters. The predicted octanol–water partition coefficient (Wildman–Crippen LogP) is 11.5. The molecule has 30 heavy (non-hydrogen) atoms. The van der Waals surface area contributed by atoms with Crippen molar-refractivity contribution in [2.24, 2.45) is 0 Å². The van der Waals surface area contributed by atoms with E-state index >= 15 is 0 Å². The summed E-state index contributed by atoms with van der Waals surface area (Å²) < 4.78 is 1.34. The Morgan fingerprint density at radius 2 is 0.433 bits per heavy atom. The van der Waals surface area contributed by atoms with Crippen molar-refractivity contribution in [2.45, 2.75) is 167 Å². The lowest BCUT2D eigenvalue weighted by atomic mass is 10.0. The fourth-order valence-electron chi connectivity index (χ4n) is 4.45. The Bertz CT molecular complexity index is 254. The van der Waals surface area contributed by atoms with Crippen molar-refractivity contribution in [3.05, 3.63) is 0 Å². The average molecular weight is 553 g/mol. The van der Waals surface area contributed by atoms with Gasteiger partial charge in [0.2, 0.25) is 0 Å². The van der Waals surface area contributed by atoms with Crippen LogP contribution >= 0.6 is 35.2 Å². The largest absolute Gasteiger partial charge is 0.179 e. The van der Waals surface area contributed by atoms with Gasteiger partial charge in [-0.2, -0.15) is 12.6 Å². The second-order valence-electron chi connectivity index (χ2n) is 9.60. The molecule has 0 aromatic heterocycles. The van der Waals surface area contributed by atoms with Crippen molar-refractivity contribution in [3.63, 3.8) is 0 Å². The molecule has 0 bridgehead atoms. The summed E-state index contributed by atoms with van der Waals surface area (Å²) in [5.41, 5.74) is 0. The summed E-state index contributed by atoms with van der Waals surface area (Å²) in [6.07, 6.45) is 38.2. The zero-order chi connectivity index (χ0) is 21.8. The highest BCUT2D eigenvalue weighted by atomic mass is 127. The molecule has 0 aliphatic heterocycles. The average Bonchev–Trinajstić information content (AvgIpc) is 2.76. The highest BCUT2D eigenvalue weighted by molar-refractivity contribution is 14.1. The van der Waals surface area contributed by atoms with Gasteiger partial charge in [-0.05, 0) is 23.0 Å². The van der Waals surface area contributed by atoms with Crippen LogP contribution in [0, 0.1) is 0 Å². The van der Waals surface area contributed by atoms with Crippen LogP contribution in [0.25, 0.3) is 0 Å². The highest BCUT2D eigenvalue weighted by Gasteiger charge is 1.96. The van der Waals surface area contributed by atoms with Gasteiger partial charge in [0, 0.05) is 0 Å². The van der Waals surface area contributed by atoms with Gasteiger partial charge >= 0.3 is 0 Å². The van der Waals surface area contributed by atoms with Gasteiger partial charge in [0.1, 0.15) is 0 Å². The first-order valence-corrected chi connectivity index (χ1v) is 16.2. The summed E-state index contributed by atoms with van der Waals surface area (Å²) in [7, 11) is 0. The van der Waals surface area contributed by atoms with E-state index in [0.29, 0.717) is 0 Å². The number of hydrogen-bond acceptors (Lipinski definition) is 1. The zero-order valence-corrected chi connectivity index (χ0v) is 23.7. The summed E-state index contributed by atoms with van der Waals surface area (Å²) in [6, 6.07) is 0. The number of rotatable bonds is 27.